The van der Waals surface area contributed by atoms with Gasteiger partial charge in [-0.3, -0.25) is 5.32 Å². The van der Waals surface area contributed by atoms with Crippen LogP contribution in [-0.4, -0.2) is 24.8 Å². The summed E-state index contributed by atoms with van der Waals surface area (Å²) < 4.78 is 5.75. The molecule has 0 radical (unpaired) electrons. The average molecular weight is 240 g/mol. The Balaban J connectivity index is 3.84. The predicted octanol–water partition coefficient (Wildman–Crippen LogP) is 3.11. The average Bonchev–Trinajstić information content (AvgIpc) is 2.24. The van der Waals surface area contributed by atoms with Crippen LogP contribution in [0.25, 0.3) is 0 Å². The highest BCUT2D eigenvalue weighted by Gasteiger charge is 2.25. The molecule has 2 atom stereocenters. The maximum absolute atomic E-state index is 9.14. The van der Waals surface area contributed by atoms with Crippen molar-refractivity contribution in [1.82, 2.24) is 5.32 Å². The Labute approximate surface area is 107 Å². The molecule has 3 nitrogen and oxygen atoms in total. The molecule has 100 valence electrons. The van der Waals surface area contributed by atoms with Crippen molar-refractivity contribution in [2.75, 3.05) is 13.2 Å². The van der Waals surface area contributed by atoms with Gasteiger partial charge in [-0.2, -0.15) is 5.26 Å². The van der Waals surface area contributed by atoms with Crippen molar-refractivity contribution in [2.24, 2.45) is 5.92 Å². The minimum absolute atomic E-state index is 0.130. The van der Waals surface area contributed by atoms with Gasteiger partial charge in [-0.05, 0) is 39.2 Å². The molecule has 0 spiro atoms. The van der Waals surface area contributed by atoms with Gasteiger partial charge < -0.3 is 4.74 Å². The fourth-order valence-corrected chi connectivity index (χ4v) is 1.96. The Morgan fingerprint density at radius 2 is 2.00 bits per heavy atom. The SMILES string of the molecule is CCNC(C)(C#N)CC(C)OCCCC(C)C. The summed E-state index contributed by atoms with van der Waals surface area (Å²) in [6.07, 6.45) is 3.17. The molecule has 0 amide bonds. The van der Waals surface area contributed by atoms with Crippen LogP contribution in [0.3, 0.4) is 0 Å². The number of nitrogens with zero attached hydrogens (tertiary/aromatic N) is 1. The second kappa shape index (κ2) is 8.49. The van der Waals surface area contributed by atoms with Crippen molar-refractivity contribution < 1.29 is 4.74 Å². The summed E-state index contributed by atoms with van der Waals surface area (Å²) in [5, 5.41) is 12.3. The highest BCUT2D eigenvalue weighted by molar-refractivity contribution is 5.04. The molecule has 0 fully saturated rings. The van der Waals surface area contributed by atoms with Gasteiger partial charge >= 0.3 is 0 Å². The molecular weight excluding hydrogens is 212 g/mol. The second-order valence-electron chi connectivity index (χ2n) is 5.40. The third-order valence-electron chi connectivity index (χ3n) is 2.84. The number of hydrogen-bond donors (Lipinski definition) is 1. The van der Waals surface area contributed by atoms with Crippen LogP contribution in [0.15, 0.2) is 0 Å². The zero-order chi connectivity index (χ0) is 13.3. The van der Waals surface area contributed by atoms with Crippen LogP contribution in [0.2, 0.25) is 0 Å². The normalized spacial score (nSPS) is 16.5. The summed E-state index contributed by atoms with van der Waals surface area (Å²) in [7, 11) is 0. The van der Waals surface area contributed by atoms with E-state index >= 15 is 0 Å². The van der Waals surface area contributed by atoms with E-state index in [0.29, 0.717) is 0 Å². The van der Waals surface area contributed by atoms with Gasteiger partial charge in [-0.1, -0.05) is 20.8 Å². The molecule has 0 aliphatic rings. The van der Waals surface area contributed by atoms with Gasteiger partial charge in [-0.15, -0.1) is 0 Å². The molecule has 0 aromatic carbocycles. The van der Waals surface area contributed by atoms with Crippen molar-refractivity contribution in [3.05, 3.63) is 0 Å². The van der Waals surface area contributed by atoms with Gasteiger partial charge in [0, 0.05) is 13.0 Å². The van der Waals surface area contributed by atoms with E-state index in [-0.39, 0.29) is 6.10 Å². The summed E-state index contributed by atoms with van der Waals surface area (Å²) in [4.78, 5) is 0. The minimum Gasteiger partial charge on any atom is -0.378 e. The monoisotopic (exact) mass is 240 g/mol. The summed E-state index contributed by atoms with van der Waals surface area (Å²) in [6.45, 7) is 12.1. The minimum atomic E-state index is -0.466. The Morgan fingerprint density at radius 3 is 2.47 bits per heavy atom. The third-order valence-corrected chi connectivity index (χ3v) is 2.84. The molecule has 3 heteroatoms. The Morgan fingerprint density at radius 1 is 1.35 bits per heavy atom. The zero-order valence-corrected chi connectivity index (χ0v) is 12.0. The summed E-state index contributed by atoms with van der Waals surface area (Å²) >= 11 is 0. The summed E-state index contributed by atoms with van der Waals surface area (Å²) in [5.41, 5.74) is -0.466. The lowest BCUT2D eigenvalue weighted by molar-refractivity contribution is 0.0443. The number of ether oxygens (including phenoxy) is 1. The first-order valence-electron chi connectivity index (χ1n) is 6.71. The molecule has 0 bridgehead atoms. The van der Waals surface area contributed by atoms with E-state index in [2.05, 4.69) is 25.2 Å². The van der Waals surface area contributed by atoms with Gasteiger partial charge in [0.15, 0.2) is 0 Å². The van der Waals surface area contributed by atoms with Gasteiger partial charge in [0.05, 0.1) is 12.2 Å². The number of rotatable bonds is 9. The van der Waals surface area contributed by atoms with Gasteiger partial charge in [0.1, 0.15) is 5.54 Å². The fourth-order valence-electron chi connectivity index (χ4n) is 1.96. The van der Waals surface area contributed by atoms with Gasteiger partial charge in [0.25, 0.3) is 0 Å². The molecule has 0 aliphatic carbocycles. The number of nitrogens with one attached hydrogen (secondary N) is 1. The number of hydrogen-bond acceptors (Lipinski definition) is 3. The fraction of sp³-hybridized carbons (Fsp3) is 0.929. The quantitative estimate of drug-likeness (QED) is 0.630. The largest absolute Gasteiger partial charge is 0.378 e. The van der Waals surface area contributed by atoms with Crippen LogP contribution >= 0.6 is 0 Å². The van der Waals surface area contributed by atoms with Crippen molar-refractivity contribution in [3.8, 4) is 6.07 Å². The van der Waals surface area contributed by atoms with Gasteiger partial charge in [0.2, 0.25) is 0 Å². The maximum Gasteiger partial charge on any atom is 0.106 e. The Bertz CT molecular complexity index is 235. The van der Waals surface area contributed by atoms with E-state index in [1.807, 2.05) is 20.8 Å². The number of nitriles is 1. The van der Waals surface area contributed by atoms with E-state index in [1.165, 1.54) is 6.42 Å². The lowest BCUT2D eigenvalue weighted by Gasteiger charge is -2.26. The molecule has 0 aromatic rings. The molecule has 17 heavy (non-hydrogen) atoms. The molecular formula is C14H28N2O. The van der Waals surface area contributed by atoms with Gasteiger partial charge in [-0.25, -0.2) is 0 Å². The van der Waals surface area contributed by atoms with Crippen molar-refractivity contribution in [2.45, 2.75) is 65.5 Å². The Hall–Kier alpha value is -0.590. The van der Waals surface area contributed by atoms with E-state index in [0.717, 1.165) is 31.9 Å². The molecule has 0 aromatic heterocycles. The smallest absolute Gasteiger partial charge is 0.106 e. The predicted molar refractivity (Wildman–Crippen MR) is 71.8 cm³/mol. The first-order chi connectivity index (χ1) is 7.93. The Kier molecular flexibility index (Phi) is 8.20. The first-order valence-corrected chi connectivity index (χ1v) is 6.71. The van der Waals surface area contributed by atoms with Crippen molar-refractivity contribution in [1.29, 1.82) is 5.26 Å². The highest BCUT2D eigenvalue weighted by Crippen LogP contribution is 2.14. The van der Waals surface area contributed by atoms with Crippen LogP contribution in [-0.2, 0) is 4.74 Å². The van der Waals surface area contributed by atoms with Crippen LogP contribution in [0.4, 0.5) is 0 Å². The molecule has 0 aliphatic heterocycles. The topological polar surface area (TPSA) is 45.0 Å². The van der Waals surface area contributed by atoms with E-state index in [1.54, 1.807) is 0 Å². The lowest BCUT2D eigenvalue weighted by atomic mass is 9.96. The third kappa shape index (κ3) is 8.18. The molecule has 1 N–H and O–H groups in total. The molecule has 0 heterocycles. The maximum atomic E-state index is 9.14. The lowest BCUT2D eigenvalue weighted by Crippen LogP contribution is -2.43. The summed E-state index contributed by atoms with van der Waals surface area (Å²) in [6, 6.07) is 2.33. The zero-order valence-electron chi connectivity index (χ0n) is 12.0. The van der Waals surface area contributed by atoms with Crippen molar-refractivity contribution in [3.63, 3.8) is 0 Å². The molecule has 0 saturated heterocycles. The first kappa shape index (κ1) is 16.4. The highest BCUT2D eigenvalue weighted by atomic mass is 16.5. The molecule has 0 rings (SSSR count). The molecule has 2 unspecified atom stereocenters. The van der Waals surface area contributed by atoms with E-state index < -0.39 is 5.54 Å². The van der Waals surface area contributed by atoms with Crippen LogP contribution in [0, 0.1) is 17.2 Å². The molecule has 0 saturated carbocycles. The van der Waals surface area contributed by atoms with E-state index in [9.17, 15) is 0 Å². The standard InChI is InChI=1S/C14H28N2O/c1-6-16-14(5,11-15)10-13(4)17-9-7-8-12(2)3/h12-13,16H,6-10H2,1-5H3. The van der Waals surface area contributed by atoms with E-state index in [4.69, 9.17) is 10.00 Å². The summed E-state index contributed by atoms with van der Waals surface area (Å²) in [5.74, 6) is 0.736. The van der Waals surface area contributed by atoms with Crippen LogP contribution in [0.5, 0.6) is 0 Å². The van der Waals surface area contributed by atoms with Crippen LogP contribution in [0.1, 0.15) is 53.9 Å². The van der Waals surface area contributed by atoms with Crippen LogP contribution < -0.4 is 5.32 Å². The second-order valence-corrected chi connectivity index (χ2v) is 5.40. The van der Waals surface area contributed by atoms with Crippen molar-refractivity contribution >= 4 is 0 Å².